The van der Waals surface area contributed by atoms with E-state index < -0.39 is 11.9 Å². The molecule has 0 heterocycles. The van der Waals surface area contributed by atoms with Gasteiger partial charge in [-0.25, -0.2) is 9.59 Å². The minimum absolute atomic E-state index is 0.416. The summed E-state index contributed by atoms with van der Waals surface area (Å²) >= 11 is 0. The van der Waals surface area contributed by atoms with E-state index in [1.807, 2.05) is 12.2 Å². The molecule has 0 unspecified atom stereocenters. The minimum atomic E-state index is -1.01. The first kappa shape index (κ1) is 15.5. The highest BCUT2D eigenvalue weighted by molar-refractivity contribution is 5.86. The second-order valence-corrected chi connectivity index (χ2v) is 4.70. The molecule has 1 N–H and O–H groups in total. The molecular formula is C18H16O4. The van der Waals surface area contributed by atoms with Crippen LogP contribution in [0.25, 0.3) is 6.08 Å². The first-order valence-corrected chi connectivity index (χ1v) is 6.90. The lowest BCUT2D eigenvalue weighted by Gasteiger charge is -2.04. The summed E-state index contributed by atoms with van der Waals surface area (Å²) in [6.07, 6.45) is 13.6. The summed E-state index contributed by atoms with van der Waals surface area (Å²) < 4.78 is 5.17. The van der Waals surface area contributed by atoms with E-state index >= 15 is 0 Å². The van der Waals surface area contributed by atoms with Gasteiger partial charge in [-0.15, -0.1) is 0 Å². The van der Waals surface area contributed by atoms with Crippen LogP contribution in [-0.2, 0) is 9.59 Å². The van der Waals surface area contributed by atoms with E-state index in [1.54, 1.807) is 30.3 Å². The highest BCUT2D eigenvalue weighted by atomic mass is 16.5. The Kier molecular flexibility index (Phi) is 5.49. The summed E-state index contributed by atoms with van der Waals surface area (Å²) in [5.74, 6) is -1.03. The number of aliphatic carboxylic acids is 1. The van der Waals surface area contributed by atoms with Crippen molar-refractivity contribution >= 4 is 18.0 Å². The predicted molar refractivity (Wildman–Crippen MR) is 84.3 cm³/mol. The summed E-state index contributed by atoms with van der Waals surface area (Å²) in [5, 5.41) is 8.54. The molecule has 0 atom stereocenters. The van der Waals surface area contributed by atoms with Gasteiger partial charge in [-0.1, -0.05) is 36.4 Å². The van der Waals surface area contributed by atoms with Crippen molar-refractivity contribution in [1.82, 2.24) is 0 Å². The molecule has 0 fully saturated rings. The van der Waals surface area contributed by atoms with Crippen LogP contribution in [0.1, 0.15) is 18.4 Å². The van der Waals surface area contributed by atoms with Crippen LogP contribution in [0.4, 0.5) is 0 Å². The molecule has 4 heteroatoms. The molecule has 22 heavy (non-hydrogen) atoms. The second-order valence-electron chi connectivity index (χ2n) is 4.70. The number of carbonyl (C=O) groups excluding carboxylic acids is 1. The number of carbonyl (C=O) groups is 2. The maximum atomic E-state index is 11.7. The number of benzene rings is 1. The average Bonchev–Trinajstić information content (AvgIpc) is 2.53. The molecule has 0 amide bonds. The van der Waals surface area contributed by atoms with Crippen LogP contribution in [0.2, 0.25) is 0 Å². The fraction of sp³-hybridized carbons (Fsp3) is 0.111. The van der Waals surface area contributed by atoms with E-state index in [0.29, 0.717) is 5.75 Å². The fourth-order valence-electron chi connectivity index (χ4n) is 1.90. The van der Waals surface area contributed by atoms with Gasteiger partial charge in [-0.3, -0.25) is 0 Å². The normalized spacial score (nSPS) is 14.3. The molecular weight excluding hydrogens is 280 g/mol. The Labute approximate surface area is 128 Å². The molecule has 0 aliphatic heterocycles. The Bertz CT molecular complexity index is 661. The van der Waals surface area contributed by atoms with Crippen molar-refractivity contribution in [3.05, 3.63) is 71.9 Å². The molecule has 0 radical (unpaired) electrons. The van der Waals surface area contributed by atoms with Gasteiger partial charge in [0.1, 0.15) is 5.75 Å². The van der Waals surface area contributed by atoms with Crippen molar-refractivity contribution in [2.24, 2.45) is 0 Å². The summed E-state index contributed by atoms with van der Waals surface area (Å²) in [4.78, 5) is 22.1. The summed E-state index contributed by atoms with van der Waals surface area (Å²) in [5.41, 5.74) is 1.81. The van der Waals surface area contributed by atoms with E-state index in [9.17, 15) is 9.59 Å². The van der Waals surface area contributed by atoms with Crippen LogP contribution in [0.3, 0.4) is 0 Å². The van der Waals surface area contributed by atoms with Gasteiger partial charge in [0.05, 0.1) is 0 Å². The second kappa shape index (κ2) is 7.78. The number of hydrogen-bond acceptors (Lipinski definition) is 3. The van der Waals surface area contributed by atoms with Crippen LogP contribution < -0.4 is 4.74 Å². The number of hydrogen-bond donors (Lipinski definition) is 1. The number of carboxylic acids is 1. The third-order valence-corrected chi connectivity index (χ3v) is 3.00. The van der Waals surface area contributed by atoms with E-state index in [-0.39, 0.29) is 0 Å². The summed E-state index contributed by atoms with van der Waals surface area (Å²) in [7, 11) is 0. The molecule has 112 valence electrons. The lowest BCUT2D eigenvalue weighted by molar-refractivity contribution is -0.131. The van der Waals surface area contributed by atoms with Gasteiger partial charge < -0.3 is 9.84 Å². The third kappa shape index (κ3) is 5.25. The number of esters is 1. The molecule has 1 aliphatic rings. The van der Waals surface area contributed by atoms with Crippen LogP contribution in [0.15, 0.2) is 66.3 Å². The van der Waals surface area contributed by atoms with Crippen LogP contribution >= 0.6 is 0 Å². The van der Waals surface area contributed by atoms with Crippen LogP contribution in [0, 0.1) is 0 Å². The topological polar surface area (TPSA) is 63.6 Å². The van der Waals surface area contributed by atoms with E-state index in [2.05, 4.69) is 6.08 Å². The van der Waals surface area contributed by atoms with Gasteiger partial charge in [0.25, 0.3) is 0 Å². The van der Waals surface area contributed by atoms with Gasteiger partial charge in [0.15, 0.2) is 0 Å². The molecule has 0 bridgehead atoms. The molecule has 0 saturated heterocycles. The zero-order valence-corrected chi connectivity index (χ0v) is 11.9. The van der Waals surface area contributed by atoms with Crippen LogP contribution in [0.5, 0.6) is 5.75 Å². The van der Waals surface area contributed by atoms with E-state index in [4.69, 9.17) is 9.84 Å². The van der Waals surface area contributed by atoms with Crippen molar-refractivity contribution in [3.63, 3.8) is 0 Å². The Morgan fingerprint density at radius 1 is 1.09 bits per heavy atom. The van der Waals surface area contributed by atoms with E-state index in [1.165, 1.54) is 12.2 Å². The minimum Gasteiger partial charge on any atom is -0.478 e. The number of carboxylic acid groups (broad SMARTS) is 1. The number of allylic oxidation sites excluding steroid dienone is 5. The van der Waals surface area contributed by atoms with Crippen molar-refractivity contribution in [1.29, 1.82) is 0 Å². The van der Waals surface area contributed by atoms with E-state index in [0.717, 1.165) is 30.1 Å². The van der Waals surface area contributed by atoms with Gasteiger partial charge in [0, 0.05) is 12.2 Å². The van der Waals surface area contributed by atoms with Crippen molar-refractivity contribution in [3.8, 4) is 5.75 Å². The zero-order valence-electron chi connectivity index (χ0n) is 11.9. The molecule has 0 spiro atoms. The Hall–Kier alpha value is -2.88. The molecule has 4 nitrogen and oxygen atoms in total. The van der Waals surface area contributed by atoms with Gasteiger partial charge >= 0.3 is 11.9 Å². The quantitative estimate of drug-likeness (QED) is 0.513. The monoisotopic (exact) mass is 296 g/mol. The first-order valence-electron chi connectivity index (χ1n) is 6.90. The lowest BCUT2D eigenvalue weighted by atomic mass is 10.1. The van der Waals surface area contributed by atoms with Crippen molar-refractivity contribution < 1.29 is 19.4 Å². The summed E-state index contributed by atoms with van der Waals surface area (Å²) in [6.45, 7) is 0. The van der Waals surface area contributed by atoms with Gasteiger partial charge in [0.2, 0.25) is 0 Å². The van der Waals surface area contributed by atoms with Gasteiger partial charge in [-0.2, -0.15) is 0 Å². The van der Waals surface area contributed by atoms with Crippen LogP contribution in [-0.4, -0.2) is 17.0 Å². The first-order chi connectivity index (χ1) is 10.6. The molecule has 0 aromatic heterocycles. The SMILES string of the molecule is O=C(O)/C=C/c1ccc(OC(=O)C=CC2=CC=CCC2)cc1. The third-order valence-electron chi connectivity index (χ3n) is 3.00. The zero-order chi connectivity index (χ0) is 15.8. The highest BCUT2D eigenvalue weighted by Gasteiger charge is 2.02. The maximum absolute atomic E-state index is 11.7. The Morgan fingerprint density at radius 2 is 1.86 bits per heavy atom. The Morgan fingerprint density at radius 3 is 2.50 bits per heavy atom. The number of rotatable bonds is 5. The maximum Gasteiger partial charge on any atom is 0.336 e. The molecule has 1 aromatic rings. The van der Waals surface area contributed by atoms with Gasteiger partial charge in [-0.05, 0) is 42.2 Å². The average molecular weight is 296 g/mol. The highest BCUT2D eigenvalue weighted by Crippen LogP contribution is 2.15. The molecule has 1 aromatic carbocycles. The van der Waals surface area contributed by atoms with Crippen molar-refractivity contribution in [2.45, 2.75) is 12.8 Å². The number of ether oxygens (including phenoxy) is 1. The standard InChI is InChI=1S/C18H16O4/c19-17(20)12-8-15-6-10-16(11-7-15)22-18(21)13-9-14-4-2-1-3-5-14/h1-2,4,6-13H,3,5H2,(H,19,20)/b12-8+,13-9?. The summed E-state index contributed by atoms with van der Waals surface area (Å²) in [6, 6.07) is 6.60. The molecule has 2 rings (SSSR count). The smallest absolute Gasteiger partial charge is 0.336 e. The molecule has 1 aliphatic carbocycles. The van der Waals surface area contributed by atoms with Crippen molar-refractivity contribution in [2.75, 3.05) is 0 Å². The lowest BCUT2D eigenvalue weighted by Crippen LogP contribution is -2.03. The predicted octanol–water partition coefficient (Wildman–Crippen LogP) is 3.52. The fourth-order valence-corrected chi connectivity index (χ4v) is 1.90. The Balaban J connectivity index is 1.91. The molecule has 0 saturated carbocycles. The largest absolute Gasteiger partial charge is 0.478 e.